The molecule has 33 heavy (non-hydrogen) atoms. The molecule has 1 aliphatic rings. The van der Waals surface area contributed by atoms with Crippen molar-refractivity contribution >= 4 is 17.7 Å². The summed E-state index contributed by atoms with van der Waals surface area (Å²) in [5.74, 6) is -0.306. The number of carbonyl (C=O) groups excluding carboxylic acids is 3. The van der Waals surface area contributed by atoms with Crippen molar-refractivity contribution in [3.8, 4) is 11.1 Å². The molecule has 0 aliphatic carbocycles. The van der Waals surface area contributed by atoms with Crippen LogP contribution in [0.2, 0.25) is 0 Å². The Bertz CT molecular complexity index is 1180. The fourth-order valence-corrected chi connectivity index (χ4v) is 4.37. The fraction of sp³-hybridized carbons (Fsp3) is 0.222. The Morgan fingerprint density at radius 1 is 0.879 bits per heavy atom. The number of piperazine rings is 1. The summed E-state index contributed by atoms with van der Waals surface area (Å²) in [6.07, 6.45) is 0. The Morgan fingerprint density at radius 2 is 1.61 bits per heavy atom. The Balaban J connectivity index is 1.66. The lowest BCUT2D eigenvalue weighted by Gasteiger charge is -2.41. The van der Waals surface area contributed by atoms with E-state index in [9.17, 15) is 14.4 Å². The second-order valence-corrected chi connectivity index (χ2v) is 8.10. The van der Waals surface area contributed by atoms with E-state index in [4.69, 9.17) is 0 Å². The van der Waals surface area contributed by atoms with Gasteiger partial charge >= 0.3 is 0 Å². The molecule has 1 heterocycles. The molecule has 1 aliphatic heterocycles. The molecule has 1 fully saturated rings. The van der Waals surface area contributed by atoms with Crippen molar-refractivity contribution in [3.63, 3.8) is 0 Å². The molecule has 0 aromatic heterocycles. The van der Waals surface area contributed by atoms with Crippen LogP contribution in [0.25, 0.3) is 11.1 Å². The molecule has 3 aromatic rings. The van der Waals surface area contributed by atoms with E-state index >= 15 is 0 Å². The van der Waals surface area contributed by atoms with E-state index in [1.54, 1.807) is 29.0 Å². The largest absolute Gasteiger partial charge is 0.355 e. The third-order valence-corrected chi connectivity index (χ3v) is 6.07. The summed E-state index contributed by atoms with van der Waals surface area (Å²) in [7, 11) is 1.59. The summed E-state index contributed by atoms with van der Waals surface area (Å²) in [5, 5.41) is 2.63. The van der Waals surface area contributed by atoms with Crippen LogP contribution in [0, 0.1) is 0 Å². The average molecular weight is 442 g/mol. The number of carbonyl (C=O) groups is 3. The third-order valence-electron chi connectivity index (χ3n) is 6.07. The lowest BCUT2D eigenvalue weighted by atomic mass is 9.96. The SMILES string of the molecule is CNC(=O)c1cccc([C@H]2CN(C(=O)c3ccccc3-c3ccccc3)CCN2C(C)=O)c1. The molecule has 6 nitrogen and oxygen atoms in total. The first-order valence-corrected chi connectivity index (χ1v) is 11.0. The number of nitrogens with zero attached hydrogens (tertiary/aromatic N) is 2. The second kappa shape index (κ2) is 9.69. The van der Waals surface area contributed by atoms with Crippen LogP contribution in [0.1, 0.15) is 39.2 Å². The standard InChI is InChI=1S/C27H27N3O3/c1-19(31)30-16-15-29(18-25(30)21-11-8-12-22(17-21)26(32)28-2)27(33)24-14-7-6-13-23(24)20-9-4-3-5-10-20/h3-14,17,25H,15-16,18H2,1-2H3,(H,28,32)/t25-/m1/s1. The van der Waals surface area contributed by atoms with Crippen LogP contribution in [0.3, 0.4) is 0 Å². The van der Waals surface area contributed by atoms with Crippen molar-refractivity contribution in [1.29, 1.82) is 0 Å². The molecule has 0 unspecified atom stereocenters. The van der Waals surface area contributed by atoms with E-state index in [-0.39, 0.29) is 23.8 Å². The number of hydrogen-bond acceptors (Lipinski definition) is 3. The van der Waals surface area contributed by atoms with Gasteiger partial charge in [0.25, 0.3) is 11.8 Å². The van der Waals surface area contributed by atoms with E-state index in [0.717, 1.165) is 16.7 Å². The smallest absolute Gasteiger partial charge is 0.254 e. The van der Waals surface area contributed by atoms with Crippen molar-refractivity contribution in [2.75, 3.05) is 26.7 Å². The molecule has 4 rings (SSSR count). The monoisotopic (exact) mass is 441 g/mol. The van der Waals surface area contributed by atoms with E-state index < -0.39 is 0 Å². The van der Waals surface area contributed by atoms with Crippen LogP contribution in [0.15, 0.2) is 78.9 Å². The van der Waals surface area contributed by atoms with E-state index in [1.807, 2.05) is 66.7 Å². The topological polar surface area (TPSA) is 69.7 Å². The highest BCUT2D eigenvalue weighted by Crippen LogP contribution is 2.30. The van der Waals surface area contributed by atoms with Crippen LogP contribution in [-0.2, 0) is 4.79 Å². The molecule has 0 saturated carbocycles. The van der Waals surface area contributed by atoms with Gasteiger partial charge in [-0.05, 0) is 34.9 Å². The fourth-order valence-electron chi connectivity index (χ4n) is 4.37. The van der Waals surface area contributed by atoms with Gasteiger partial charge in [0.2, 0.25) is 5.91 Å². The Hall–Kier alpha value is -3.93. The highest BCUT2D eigenvalue weighted by atomic mass is 16.2. The maximum Gasteiger partial charge on any atom is 0.254 e. The molecule has 1 N–H and O–H groups in total. The lowest BCUT2D eigenvalue weighted by Crippen LogP contribution is -2.52. The van der Waals surface area contributed by atoms with Gasteiger partial charge in [-0.3, -0.25) is 14.4 Å². The second-order valence-electron chi connectivity index (χ2n) is 8.10. The van der Waals surface area contributed by atoms with Crippen molar-refractivity contribution in [2.45, 2.75) is 13.0 Å². The first-order valence-electron chi connectivity index (χ1n) is 11.0. The molecule has 168 valence electrons. The number of hydrogen-bond donors (Lipinski definition) is 1. The quantitative estimate of drug-likeness (QED) is 0.670. The van der Waals surface area contributed by atoms with Gasteiger partial charge in [-0.15, -0.1) is 0 Å². The van der Waals surface area contributed by atoms with Crippen LogP contribution < -0.4 is 5.32 Å². The van der Waals surface area contributed by atoms with Crippen LogP contribution in [-0.4, -0.2) is 54.2 Å². The van der Waals surface area contributed by atoms with E-state index in [1.165, 1.54) is 6.92 Å². The highest BCUT2D eigenvalue weighted by molar-refractivity contribution is 6.01. The zero-order valence-corrected chi connectivity index (χ0v) is 18.8. The van der Waals surface area contributed by atoms with Crippen molar-refractivity contribution in [2.24, 2.45) is 0 Å². The molecule has 0 radical (unpaired) electrons. The molecule has 3 amide bonds. The average Bonchev–Trinajstić information content (AvgIpc) is 2.88. The first-order chi connectivity index (χ1) is 16.0. The summed E-state index contributed by atoms with van der Waals surface area (Å²) < 4.78 is 0. The highest BCUT2D eigenvalue weighted by Gasteiger charge is 2.33. The van der Waals surface area contributed by atoms with Crippen molar-refractivity contribution in [3.05, 3.63) is 95.6 Å². The summed E-state index contributed by atoms with van der Waals surface area (Å²) in [4.78, 5) is 41.7. The van der Waals surface area contributed by atoms with E-state index in [0.29, 0.717) is 30.8 Å². The molecular weight excluding hydrogens is 414 g/mol. The molecule has 3 aromatic carbocycles. The Kier molecular flexibility index (Phi) is 6.54. The van der Waals surface area contributed by atoms with Crippen LogP contribution >= 0.6 is 0 Å². The normalized spacial score (nSPS) is 15.8. The zero-order valence-electron chi connectivity index (χ0n) is 18.8. The number of benzene rings is 3. The Labute approximate surface area is 193 Å². The number of nitrogens with one attached hydrogen (secondary N) is 1. The van der Waals surface area contributed by atoms with Crippen LogP contribution in [0.5, 0.6) is 0 Å². The summed E-state index contributed by atoms with van der Waals surface area (Å²) in [5.41, 5.74) is 3.86. The van der Waals surface area contributed by atoms with Crippen molar-refractivity contribution in [1.82, 2.24) is 15.1 Å². The minimum absolute atomic E-state index is 0.0536. The van der Waals surface area contributed by atoms with Gasteiger partial charge in [0.05, 0.1) is 6.04 Å². The van der Waals surface area contributed by atoms with Gasteiger partial charge in [-0.25, -0.2) is 0 Å². The van der Waals surface area contributed by atoms with Gasteiger partial charge in [-0.1, -0.05) is 60.7 Å². The number of rotatable bonds is 4. The summed E-state index contributed by atoms with van der Waals surface area (Å²) in [6.45, 7) is 2.78. The predicted molar refractivity (Wildman–Crippen MR) is 128 cm³/mol. The minimum atomic E-state index is -0.325. The predicted octanol–water partition coefficient (Wildman–Crippen LogP) is 3.76. The minimum Gasteiger partial charge on any atom is -0.355 e. The number of amides is 3. The van der Waals surface area contributed by atoms with Gasteiger partial charge in [0, 0.05) is 44.7 Å². The molecule has 0 bridgehead atoms. The van der Waals surface area contributed by atoms with Gasteiger partial charge in [0.1, 0.15) is 0 Å². The molecule has 1 saturated heterocycles. The zero-order chi connectivity index (χ0) is 23.4. The third kappa shape index (κ3) is 4.65. The Morgan fingerprint density at radius 3 is 2.33 bits per heavy atom. The molecule has 6 heteroatoms. The van der Waals surface area contributed by atoms with Crippen LogP contribution in [0.4, 0.5) is 0 Å². The maximum atomic E-state index is 13.6. The molecule has 0 spiro atoms. The summed E-state index contributed by atoms with van der Waals surface area (Å²) in [6, 6.07) is 24.4. The van der Waals surface area contributed by atoms with Gasteiger partial charge in [0.15, 0.2) is 0 Å². The first kappa shape index (κ1) is 22.3. The van der Waals surface area contributed by atoms with Gasteiger partial charge in [-0.2, -0.15) is 0 Å². The maximum absolute atomic E-state index is 13.6. The van der Waals surface area contributed by atoms with Gasteiger partial charge < -0.3 is 15.1 Å². The molecular formula is C27H27N3O3. The van der Waals surface area contributed by atoms with Crippen molar-refractivity contribution < 1.29 is 14.4 Å². The molecule has 1 atom stereocenters. The van der Waals surface area contributed by atoms with E-state index in [2.05, 4.69) is 5.32 Å². The lowest BCUT2D eigenvalue weighted by molar-refractivity contribution is -0.133. The summed E-state index contributed by atoms with van der Waals surface area (Å²) >= 11 is 0.